The average molecular weight is 435 g/mol. The molecule has 0 aliphatic rings. The van der Waals surface area contributed by atoms with E-state index in [0.717, 1.165) is 6.42 Å². The number of rotatable bonds is 9. The van der Waals surface area contributed by atoms with Gasteiger partial charge < -0.3 is 15.5 Å². The molecule has 2 aromatic heterocycles. The smallest absolute Gasteiger partial charge is 0.277 e. The minimum Gasteiger partial charge on any atom is -0.493 e. The summed E-state index contributed by atoms with van der Waals surface area (Å²) in [5.74, 6) is 0.635. The molecule has 10 nitrogen and oxygen atoms in total. The first-order valence-electron chi connectivity index (χ1n) is 9.75. The van der Waals surface area contributed by atoms with Gasteiger partial charge in [0.1, 0.15) is 17.1 Å². The van der Waals surface area contributed by atoms with Crippen molar-refractivity contribution in [2.75, 3.05) is 19.7 Å². The maximum absolute atomic E-state index is 12.8. The number of nitrogens with zero attached hydrogens (tertiary/aromatic N) is 3. The van der Waals surface area contributed by atoms with Crippen LogP contribution in [0.4, 0.5) is 0 Å². The van der Waals surface area contributed by atoms with Gasteiger partial charge in [0.2, 0.25) is 10.0 Å². The van der Waals surface area contributed by atoms with Crippen LogP contribution >= 0.6 is 0 Å². The summed E-state index contributed by atoms with van der Waals surface area (Å²) in [7, 11) is -2.08. The number of aryl methyl sites for hydroxylation is 2. The van der Waals surface area contributed by atoms with Crippen LogP contribution in [-0.4, -0.2) is 47.9 Å². The van der Waals surface area contributed by atoms with Crippen LogP contribution in [-0.2, 0) is 23.5 Å². The molecule has 4 N–H and O–H groups in total. The number of aromatic nitrogens is 4. The van der Waals surface area contributed by atoms with Gasteiger partial charge in [-0.15, -0.1) is 0 Å². The topological polar surface area (TPSA) is 145 Å². The predicted molar refractivity (Wildman–Crippen MR) is 114 cm³/mol. The van der Waals surface area contributed by atoms with E-state index < -0.39 is 10.0 Å². The highest BCUT2D eigenvalue weighted by Gasteiger charge is 2.20. The first kappa shape index (κ1) is 21.9. The second kappa shape index (κ2) is 8.94. The lowest BCUT2D eigenvalue weighted by atomic mass is 10.1. The Hall–Kier alpha value is -2.76. The van der Waals surface area contributed by atoms with Crippen molar-refractivity contribution in [1.29, 1.82) is 0 Å². The van der Waals surface area contributed by atoms with Gasteiger partial charge in [-0.2, -0.15) is 5.10 Å². The molecule has 0 fully saturated rings. The first-order chi connectivity index (χ1) is 14.3. The molecule has 0 bridgehead atoms. The summed E-state index contributed by atoms with van der Waals surface area (Å²) in [6.07, 6.45) is 1.52. The fourth-order valence-corrected chi connectivity index (χ4v) is 4.27. The molecule has 2 heterocycles. The number of benzene rings is 1. The van der Waals surface area contributed by atoms with Gasteiger partial charge in [0.15, 0.2) is 5.52 Å². The number of nitrogens with one attached hydrogen (secondary N) is 2. The Morgan fingerprint density at radius 2 is 2.07 bits per heavy atom. The van der Waals surface area contributed by atoms with Crippen LogP contribution in [0.15, 0.2) is 27.9 Å². The molecule has 0 aliphatic heterocycles. The van der Waals surface area contributed by atoms with Gasteiger partial charge in [-0.1, -0.05) is 13.3 Å². The third-order valence-electron chi connectivity index (χ3n) is 4.50. The molecule has 0 radical (unpaired) electrons. The van der Waals surface area contributed by atoms with Gasteiger partial charge >= 0.3 is 0 Å². The minimum absolute atomic E-state index is 0.0251. The lowest BCUT2D eigenvalue weighted by Gasteiger charge is -2.13. The normalized spacial score (nSPS) is 11.9. The van der Waals surface area contributed by atoms with Crippen molar-refractivity contribution in [2.24, 2.45) is 12.8 Å². The highest BCUT2D eigenvalue weighted by Crippen LogP contribution is 2.31. The molecular weight excluding hydrogens is 408 g/mol. The van der Waals surface area contributed by atoms with Crippen molar-refractivity contribution < 1.29 is 13.2 Å². The Morgan fingerprint density at radius 1 is 1.30 bits per heavy atom. The number of hydrogen-bond acceptors (Lipinski definition) is 7. The van der Waals surface area contributed by atoms with E-state index in [0.29, 0.717) is 41.1 Å². The summed E-state index contributed by atoms with van der Waals surface area (Å²) in [5, 5.41) is 4.41. The molecular formula is C19H26N6O4S. The van der Waals surface area contributed by atoms with Gasteiger partial charge in [-0.3, -0.25) is 9.48 Å². The van der Waals surface area contributed by atoms with Crippen LogP contribution in [0, 0.1) is 0 Å². The number of hydrogen-bond donors (Lipinski definition) is 3. The molecule has 0 spiro atoms. The molecule has 0 aliphatic carbocycles. The Bertz CT molecular complexity index is 1220. The highest BCUT2D eigenvalue weighted by atomic mass is 32.2. The lowest BCUT2D eigenvalue weighted by molar-refractivity contribution is 0.341. The SMILES string of the molecule is CCCc1nn(C)c2c(=O)[nH]c(-c3cc(S(=O)(=O)NCCN)ccc3OCC)nc12. The third-order valence-corrected chi connectivity index (χ3v) is 5.96. The van der Waals surface area contributed by atoms with E-state index in [-0.39, 0.29) is 29.4 Å². The quantitative estimate of drug-likeness (QED) is 0.454. The second-order valence-corrected chi connectivity index (χ2v) is 8.48. The number of aromatic amines is 1. The largest absolute Gasteiger partial charge is 0.493 e. The summed E-state index contributed by atoms with van der Waals surface area (Å²) in [4.78, 5) is 20.1. The maximum Gasteiger partial charge on any atom is 0.277 e. The van der Waals surface area contributed by atoms with Gasteiger partial charge in [0, 0.05) is 20.1 Å². The number of sulfonamides is 1. The van der Waals surface area contributed by atoms with Crippen molar-refractivity contribution in [3.8, 4) is 17.1 Å². The zero-order valence-corrected chi connectivity index (χ0v) is 18.0. The summed E-state index contributed by atoms with van der Waals surface area (Å²) < 4.78 is 34.7. The summed E-state index contributed by atoms with van der Waals surface area (Å²) in [6, 6.07) is 4.43. The van der Waals surface area contributed by atoms with Gasteiger partial charge in [-0.05, 0) is 31.5 Å². The van der Waals surface area contributed by atoms with Gasteiger partial charge in [0.25, 0.3) is 5.56 Å². The predicted octanol–water partition coefficient (Wildman–Crippen LogP) is 0.912. The molecule has 30 heavy (non-hydrogen) atoms. The van der Waals surface area contributed by atoms with E-state index in [4.69, 9.17) is 10.5 Å². The van der Waals surface area contributed by atoms with Crippen molar-refractivity contribution in [3.63, 3.8) is 0 Å². The number of nitrogens with two attached hydrogens (primary N) is 1. The Labute approximate surface area is 174 Å². The van der Waals surface area contributed by atoms with Gasteiger partial charge in [0.05, 0.1) is 22.8 Å². The monoisotopic (exact) mass is 434 g/mol. The van der Waals surface area contributed by atoms with Crippen LogP contribution in [0.5, 0.6) is 5.75 Å². The van der Waals surface area contributed by atoms with Crippen molar-refractivity contribution in [3.05, 3.63) is 34.2 Å². The van der Waals surface area contributed by atoms with E-state index >= 15 is 0 Å². The average Bonchev–Trinajstić information content (AvgIpc) is 3.03. The van der Waals surface area contributed by atoms with Gasteiger partial charge in [-0.25, -0.2) is 18.1 Å². The Morgan fingerprint density at radius 3 is 2.73 bits per heavy atom. The van der Waals surface area contributed by atoms with Crippen molar-refractivity contribution >= 4 is 21.1 Å². The van der Waals surface area contributed by atoms with Crippen LogP contribution in [0.2, 0.25) is 0 Å². The van der Waals surface area contributed by atoms with Crippen molar-refractivity contribution in [1.82, 2.24) is 24.5 Å². The fraction of sp³-hybridized carbons (Fsp3) is 0.421. The summed E-state index contributed by atoms with van der Waals surface area (Å²) in [6.45, 7) is 4.49. The third kappa shape index (κ3) is 4.23. The standard InChI is InChI=1S/C19H26N6O4S/c1-4-6-14-16-17(25(3)24-14)19(26)23-18(22-16)13-11-12(7-8-15(13)29-5-2)30(27,28)21-10-9-20/h7-8,11,21H,4-6,9-10,20H2,1-3H3,(H,22,23,26). The molecule has 3 rings (SSSR count). The molecule has 1 aromatic carbocycles. The second-order valence-electron chi connectivity index (χ2n) is 6.71. The van der Waals surface area contributed by atoms with Crippen LogP contribution in [0.3, 0.4) is 0 Å². The van der Waals surface area contributed by atoms with E-state index in [1.807, 2.05) is 13.8 Å². The Kier molecular flexibility index (Phi) is 6.54. The maximum atomic E-state index is 12.8. The van der Waals surface area contributed by atoms with E-state index in [1.165, 1.54) is 16.8 Å². The highest BCUT2D eigenvalue weighted by molar-refractivity contribution is 7.89. The zero-order valence-electron chi connectivity index (χ0n) is 17.2. The summed E-state index contributed by atoms with van der Waals surface area (Å²) >= 11 is 0. The molecule has 162 valence electrons. The molecule has 0 unspecified atom stereocenters. The van der Waals surface area contributed by atoms with Crippen LogP contribution in [0.25, 0.3) is 22.4 Å². The molecule has 0 saturated heterocycles. The van der Waals surface area contributed by atoms with E-state index in [1.54, 1.807) is 13.1 Å². The molecule has 0 saturated carbocycles. The molecule has 0 amide bonds. The van der Waals surface area contributed by atoms with E-state index in [2.05, 4.69) is 19.8 Å². The first-order valence-corrected chi connectivity index (χ1v) is 11.2. The number of ether oxygens (including phenoxy) is 1. The van der Waals surface area contributed by atoms with E-state index in [9.17, 15) is 13.2 Å². The van der Waals surface area contributed by atoms with Crippen molar-refractivity contribution in [2.45, 2.75) is 31.6 Å². The molecule has 11 heteroatoms. The van der Waals surface area contributed by atoms with Crippen LogP contribution < -0.4 is 20.8 Å². The zero-order chi connectivity index (χ0) is 21.9. The number of fused-ring (bicyclic) bond motifs is 1. The number of H-pyrrole nitrogens is 1. The minimum atomic E-state index is -3.77. The molecule has 3 aromatic rings. The lowest BCUT2D eigenvalue weighted by Crippen LogP contribution is -2.29. The molecule has 0 atom stereocenters. The Balaban J connectivity index is 2.22. The summed E-state index contributed by atoms with van der Waals surface area (Å²) in [5.41, 5.74) is 7.00. The fourth-order valence-electron chi connectivity index (χ4n) is 3.20. The van der Waals surface area contributed by atoms with Crippen LogP contribution in [0.1, 0.15) is 26.0 Å².